The summed E-state index contributed by atoms with van der Waals surface area (Å²) in [6, 6.07) is 4.51. The summed E-state index contributed by atoms with van der Waals surface area (Å²) in [5, 5.41) is 8.24. The molecule has 2 saturated heterocycles. The van der Waals surface area contributed by atoms with Gasteiger partial charge in [-0.05, 0) is 56.8 Å². The summed E-state index contributed by atoms with van der Waals surface area (Å²) in [5.74, 6) is 0.170. The first-order chi connectivity index (χ1) is 13.4. The van der Waals surface area contributed by atoms with Gasteiger partial charge in [-0.1, -0.05) is 19.8 Å². The van der Waals surface area contributed by atoms with E-state index in [4.69, 9.17) is 25.8 Å². The summed E-state index contributed by atoms with van der Waals surface area (Å²) in [5.41, 5.74) is 1.82. The van der Waals surface area contributed by atoms with Crippen LogP contribution in [0.25, 0.3) is 5.52 Å². The highest BCUT2D eigenvalue weighted by Gasteiger charge is 2.55. The summed E-state index contributed by atoms with van der Waals surface area (Å²) in [7, 11) is 0. The zero-order valence-electron chi connectivity index (χ0n) is 16.5. The third-order valence-electron chi connectivity index (χ3n) is 6.05. The van der Waals surface area contributed by atoms with Crippen molar-refractivity contribution in [1.82, 2.24) is 14.6 Å². The minimum absolute atomic E-state index is 0.00396. The Bertz CT molecular complexity index is 880. The second-order valence-corrected chi connectivity index (χ2v) is 8.82. The van der Waals surface area contributed by atoms with Crippen molar-refractivity contribution in [3.8, 4) is 0 Å². The molecular weight excluding hydrogens is 380 g/mol. The van der Waals surface area contributed by atoms with Crippen molar-refractivity contribution in [3.63, 3.8) is 0 Å². The van der Waals surface area contributed by atoms with E-state index < -0.39 is 5.79 Å². The Hall–Kier alpha value is -1.41. The molecule has 7 nitrogen and oxygen atoms in total. The first kappa shape index (κ1) is 18.6. The van der Waals surface area contributed by atoms with E-state index in [1.807, 2.05) is 30.5 Å². The summed E-state index contributed by atoms with van der Waals surface area (Å²) < 4.78 is 20.5. The highest BCUT2D eigenvalue weighted by Crippen LogP contribution is 2.46. The van der Waals surface area contributed by atoms with E-state index in [1.165, 1.54) is 12.8 Å². The summed E-state index contributed by atoms with van der Waals surface area (Å²) in [4.78, 5) is 4.45. The van der Waals surface area contributed by atoms with Crippen LogP contribution in [0.15, 0.2) is 12.1 Å². The van der Waals surface area contributed by atoms with Crippen LogP contribution >= 0.6 is 11.6 Å². The second kappa shape index (κ2) is 6.83. The van der Waals surface area contributed by atoms with Crippen molar-refractivity contribution in [2.45, 2.75) is 89.1 Å². The predicted molar refractivity (Wildman–Crippen MR) is 106 cm³/mol. The topological polar surface area (TPSA) is 69.9 Å². The Balaban J connectivity index is 1.52. The van der Waals surface area contributed by atoms with Gasteiger partial charge in [-0.3, -0.25) is 0 Å². The highest BCUT2D eigenvalue weighted by molar-refractivity contribution is 6.28. The van der Waals surface area contributed by atoms with E-state index in [0.29, 0.717) is 6.04 Å². The Morgan fingerprint density at radius 1 is 1.21 bits per heavy atom. The number of hydrogen-bond donors (Lipinski definition) is 1. The molecule has 28 heavy (non-hydrogen) atoms. The van der Waals surface area contributed by atoms with E-state index in [2.05, 4.69) is 22.3 Å². The average Bonchev–Trinajstić information content (AvgIpc) is 3.38. The molecule has 0 bridgehead atoms. The van der Waals surface area contributed by atoms with E-state index >= 15 is 0 Å². The van der Waals surface area contributed by atoms with Gasteiger partial charge in [0, 0.05) is 6.04 Å². The van der Waals surface area contributed by atoms with Gasteiger partial charge in [0.05, 0.1) is 11.8 Å². The quantitative estimate of drug-likeness (QED) is 0.824. The Morgan fingerprint density at radius 2 is 1.96 bits per heavy atom. The molecular formula is C20H27ClN4O3. The molecule has 1 saturated carbocycles. The number of nitrogens with one attached hydrogen (secondary N) is 1. The number of aromatic nitrogens is 3. The van der Waals surface area contributed by atoms with Gasteiger partial charge in [0.1, 0.15) is 23.8 Å². The minimum atomic E-state index is -0.611. The zero-order valence-corrected chi connectivity index (χ0v) is 17.3. The third-order valence-corrected chi connectivity index (χ3v) is 6.21. The molecule has 8 heteroatoms. The van der Waals surface area contributed by atoms with E-state index in [1.54, 1.807) is 0 Å². The number of hydrogen-bond acceptors (Lipinski definition) is 6. The first-order valence-electron chi connectivity index (χ1n) is 10.3. The molecule has 2 aromatic heterocycles. The lowest BCUT2D eigenvalue weighted by Gasteiger charge is -2.23. The molecule has 4 heterocycles. The van der Waals surface area contributed by atoms with Crippen molar-refractivity contribution in [3.05, 3.63) is 23.1 Å². The van der Waals surface area contributed by atoms with Crippen LogP contribution in [0.2, 0.25) is 5.28 Å². The molecule has 5 rings (SSSR count). The molecule has 0 amide bonds. The van der Waals surface area contributed by atoms with Crippen molar-refractivity contribution in [2.75, 3.05) is 5.32 Å². The maximum Gasteiger partial charge on any atom is 0.243 e. The normalized spacial score (nSPS) is 32.3. The van der Waals surface area contributed by atoms with Gasteiger partial charge in [-0.15, -0.1) is 5.10 Å². The molecule has 1 unspecified atom stereocenters. The summed E-state index contributed by atoms with van der Waals surface area (Å²) in [6.07, 6.45) is 5.18. The van der Waals surface area contributed by atoms with E-state index in [-0.39, 0.29) is 29.7 Å². The van der Waals surface area contributed by atoms with E-state index in [9.17, 15) is 0 Å². The van der Waals surface area contributed by atoms with Crippen LogP contribution in [-0.2, 0) is 14.2 Å². The van der Waals surface area contributed by atoms with Crippen LogP contribution in [0, 0.1) is 0 Å². The number of nitrogens with zero attached hydrogens (tertiary/aromatic N) is 3. The van der Waals surface area contributed by atoms with Crippen LogP contribution in [0.3, 0.4) is 0 Å². The fourth-order valence-corrected chi connectivity index (χ4v) is 4.98. The Morgan fingerprint density at radius 3 is 2.71 bits per heavy atom. The highest BCUT2D eigenvalue weighted by atomic mass is 35.5. The number of ether oxygens (including phenoxy) is 3. The number of rotatable bonds is 4. The van der Waals surface area contributed by atoms with Gasteiger partial charge in [-0.25, -0.2) is 4.52 Å². The van der Waals surface area contributed by atoms with Gasteiger partial charge >= 0.3 is 0 Å². The number of anilines is 1. The van der Waals surface area contributed by atoms with E-state index in [0.717, 1.165) is 36.3 Å². The number of halogens is 1. The number of fused-ring (bicyclic) bond motifs is 2. The molecule has 152 valence electrons. The van der Waals surface area contributed by atoms with Gasteiger partial charge in [0.2, 0.25) is 5.28 Å². The van der Waals surface area contributed by atoms with Crippen LogP contribution in [0.4, 0.5) is 5.82 Å². The van der Waals surface area contributed by atoms with Crippen LogP contribution in [-0.4, -0.2) is 44.7 Å². The SMILES string of the molecule is CC[C@H]1OC(c2ccc3c(NC4CCCC4)nc(Cl)nn23)[C@@H]2OC(C)(C)O[C@H]12. The van der Waals surface area contributed by atoms with Crippen molar-refractivity contribution < 1.29 is 14.2 Å². The van der Waals surface area contributed by atoms with Crippen LogP contribution < -0.4 is 5.32 Å². The van der Waals surface area contributed by atoms with Crippen LogP contribution in [0.1, 0.15) is 64.7 Å². The monoisotopic (exact) mass is 406 g/mol. The molecule has 0 spiro atoms. The fraction of sp³-hybridized carbons (Fsp3) is 0.700. The Labute approximate surface area is 169 Å². The van der Waals surface area contributed by atoms with Gasteiger partial charge in [0.25, 0.3) is 0 Å². The van der Waals surface area contributed by atoms with Crippen molar-refractivity contribution >= 4 is 22.9 Å². The van der Waals surface area contributed by atoms with Gasteiger partial charge in [-0.2, -0.15) is 4.98 Å². The summed E-state index contributed by atoms with van der Waals surface area (Å²) >= 11 is 6.28. The average molecular weight is 407 g/mol. The fourth-order valence-electron chi connectivity index (χ4n) is 4.82. The zero-order chi connectivity index (χ0) is 19.5. The second-order valence-electron chi connectivity index (χ2n) is 8.48. The molecule has 2 aromatic rings. The molecule has 0 radical (unpaired) electrons. The molecule has 4 atom stereocenters. The largest absolute Gasteiger partial charge is 0.365 e. The summed E-state index contributed by atoms with van der Waals surface area (Å²) in [6.45, 7) is 6.01. The maximum absolute atomic E-state index is 6.34. The lowest BCUT2D eigenvalue weighted by Crippen LogP contribution is -2.28. The Kier molecular flexibility index (Phi) is 4.54. The maximum atomic E-state index is 6.34. The van der Waals surface area contributed by atoms with Gasteiger partial charge < -0.3 is 19.5 Å². The molecule has 0 aromatic carbocycles. The third kappa shape index (κ3) is 3.09. The minimum Gasteiger partial charge on any atom is -0.365 e. The van der Waals surface area contributed by atoms with Crippen molar-refractivity contribution in [1.29, 1.82) is 0 Å². The standard InChI is InChI=1S/C20H27ClN4O3/c1-4-14-16-17(28-20(2,3)27-16)15(26-14)12-9-10-13-18(22-11-7-5-6-8-11)23-19(21)24-25(12)13/h9-11,14-17H,4-8H2,1-3H3,(H,22,23,24)/t14-,15?,16-,17+/m1/s1. The van der Waals surface area contributed by atoms with Crippen molar-refractivity contribution in [2.24, 2.45) is 0 Å². The lowest BCUT2D eigenvalue weighted by atomic mass is 10.0. The lowest BCUT2D eigenvalue weighted by molar-refractivity contribution is -0.188. The smallest absolute Gasteiger partial charge is 0.243 e. The molecule has 1 N–H and O–H groups in total. The predicted octanol–water partition coefficient (Wildman–Crippen LogP) is 4.11. The first-order valence-corrected chi connectivity index (χ1v) is 10.7. The van der Waals surface area contributed by atoms with Crippen LogP contribution in [0.5, 0.6) is 0 Å². The molecule has 1 aliphatic carbocycles. The molecule has 3 aliphatic rings. The molecule has 3 fully saturated rings. The van der Waals surface area contributed by atoms with Gasteiger partial charge in [0.15, 0.2) is 11.6 Å². The molecule has 2 aliphatic heterocycles.